The molecule has 0 aliphatic heterocycles. The van der Waals surface area contributed by atoms with Gasteiger partial charge in [0.1, 0.15) is 22.5 Å². The molecule has 0 aliphatic rings. The molecule has 0 bridgehead atoms. The molecular weight excluding hydrogens is 431 g/mol. The van der Waals surface area contributed by atoms with Crippen LogP contribution in [0.25, 0.3) is 0 Å². The van der Waals surface area contributed by atoms with Gasteiger partial charge in [0.25, 0.3) is 0 Å². The van der Waals surface area contributed by atoms with Gasteiger partial charge in [0.2, 0.25) is 0 Å². The van der Waals surface area contributed by atoms with Crippen molar-refractivity contribution in [2.24, 2.45) is 0 Å². The molecule has 1 aromatic carbocycles. The Labute approximate surface area is 220 Å². The average Bonchev–Trinajstić information content (AvgIpc) is 2.73. The van der Waals surface area contributed by atoms with Crippen molar-refractivity contribution >= 4 is 10.1 Å². The van der Waals surface area contributed by atoms with Crippen molar-refractivity contribution in [3.63, 3.8) is 0 Å². The standard InChI is InChI=1S/C26H46O4S.Na/c1-4-7-9-11-13-15-17-23-19-20-24(18-16-14-12-10-8-5-2)26(21-23)30-22-25(6-3)31(27,28)29;/h19-21,25H,4-18,22H2,1-3H3,(H,27,28,29);/q;+1/p-1. The quantitative estimate of drug-likeness (QED) is 0.171. The molecule has 0 saturated heterocycles. The molecule has 0 aliphatic carbocycles. The largest absolute Gasteiger partial charge is 1.00 e. The number of hydrogen-bond acceptors (Lipinski definition) is 4. The Morgan fingerprint density at radius 1 is 0.812 bits per heavy atom. The van der Waals surface area contributed by atoms with Crippen molar-refractivity contribution < 1.29 is 47.3 Å². The Bertz CT molecular complexity index is 691. The van der Waals surface area contributed by atoms with E-state index in [0.717, 1.165) is 37.0 Å². The maximum atomic E-state index is 11.4. The summed E-state index contributed by atoms with van der Waals surface area (Å²) in [6, 6.07) is 6.40. The van der Waals surface area contributed by atoms with Crippen molar-refractivity contribution in [3.05, 3.63) is 29.3 Å². The average molecular weight is 477 g/mol. The van der Waals surface area contributed by atoms with Gasteiger partial charge < -0.3 is 9.29 Å². The Balaban J connectivity index is 0.00000961. The van der Waals surface area contributed by atoms with E-state index in [0.29, 0.717) is 0 Å². The molecule has 6 heteroatoms. The first-order chi connectivity index (χ1) is 14.9. The number of aryl methyl sites for hydroxylation is 2. The summed E-state index contributed by atoms with van der Waals surface area (Å²) in [5.74, 6) is 0.763. The Kier molecular flexibility index (Phi) is 19.2. The molecule has 0 heterocycles. The third-order valence-electron chi connectivity index (χ3n) is 6.04. The molecule has 4 nitrogen and oxygen atoms in total. The fraction of sp³-hybridized carbons (Fsp3) is 0.769. The first kappa shape index (κ1) is 31.9. The summed E-state index contributed by atoms with van der Waals surface area (Å²) < 4.78 is 40.3. The second-order valence-corrected chi connectivity index (χ2v) is 10.5. The van der Waals surface area contributed by atoms with Crippen LogP contribution in [0, 0.1) is 0 Å². The summed E-state index contributed by atoms with van der Waals surface area (Å²) in [5, 5.41) is -0.989. The number of ether oxygens (including phenoxy) is 1. The molecule has 0 saturated carbocycles. The summed E-state index contributed by atoms with van der Waals surface area (Å²) >= 11 is 0. The van der Waals surface area contributed by atoms with Crippen molar-refractivity contribution in [3.8, 4) is 5.75 Å². The van der Waals surface area contributed by atoms with Gasteiger partial charge in [-0.25, -0.2) is 8.42 Å². The number of hydrogen-bond donors (Lipinski definition) is 0. The van der Waals surface area contributed by atoms with E-state index < -0.39 is 15.4 Å². The van der Waals surface area contributed by atoms with Crippen molar-refractivity contribution in [2.75, 3.05) is 6.61 Å². The number of rotatable bonds is 19. The molecule has 0 fully saturated rings. The predicted octanol–water partition coefficient (Wildman–Crippen LogP) is 4.20. The fourth-order valence-electron chi connectivity index (χ4n) is 3.89. The normalized spacial score (nSPS) is 12.4. The predicted molar refractivity (Wildman–Crippen MR) is 130 cm³/mol. The van der Waals surface area contributed by atoms with Gasteiger partial charge in [-0.05, 0) is 49.3 Å². The molecule has 1 unspecified atom stereocenters. The minimum atomic E-state index is -4.34. The molecule has 1 rings (SSSR count). The SMILES string of the molecule is CCCCCCCCc1ccc(CCCCCCCC)c(OCC(CC)S(=O)(=O)[O-])c1.[Na+]. The van der Waals surface area contributed by atoms with E-state index in [1.54, 1.807) is 6.92 Å². The summed E-state index contributed by atoms with van der Waals surface area (Å²) in [7, 11) is -4.34. The molecule has 0 aromatic heterocycles. The van der Waals surface area contributed by atoms with Gasteiger partial charge >= 0.3 is 29.6 Å². The molecular formula is C26H45NaO4S. The summed E-state index contributed by atoms with van der Waals surface area (Å²) in [5.41, 5.74) is 2.36. The second-order valence-electron chi connectivity index (χ2n) is 8.81. The molecule has 0 radical (unpaired) electrons. The zero-order valence-corrected chi connectivity index (χ0v) is 24.0. The van der Waals surface area contributed by atoms with E-state index >= 15 is 0 Å². The number of unbranched alkanes of at least 4 members (excludes halogenated alkanes) is 10. The van der Waals surface area contributed by atoms with Gasteiger partial charge in [0, 0.05) is 0 Å². The summed E-state index contributed by atoms with van der Waals surface area (Å²) in [4.78, 5) is 0. The third-order valence-corrected chi connectivity index (χ3v) is 7.32. The van der Waals surface area contributed by atoms with Crippen molar-refractivity contribution in [2.45, 2.75) is 122 Å². The molecule has 0 spiro atoms. The Morgan fingerprint density at radius 3 is 1.88 bits per heavy atom. The van der Waals surface area contributed by atoms with Crippen LogP contribution in [0.1, 0.15) is 115 Å². The van der Waals surface area contributed by atoms with Crippen molar-refractivity contribution in [1.29, 1.82) is 0 Å². The third kappa shape index (κ3) is 14.2. The van der Waals surface area contributed by atoms with E-state index in [-0.39, 0.29) is 42.6 Å². The molecule has 32 heavy (non-hydrogen) atoms. The van der Waals surface area contributed by atoms with Crippen LogP contribution in [-0.4, -0.2) is 24.8 Å². The van der Waals surface area contributed by atoms with Gasteiger partial charge in [0.15, 0.2) is 0 Å². The van der Waals surface area contributed by atoms with Crippen LogP contribution in [0.3, 0.4) is 0 Å². The first-order valence-electron chi connectivity index (χ1n) is 12.6. The fourth-order valence-corrected chi connectivity index (χ4v) is 4.53. The maximum absolute atomic E-state index is 11.4. The Morgan fingerprint density at radius 2 is 1.34 bits per heavy atom. The topological polar surface area (TPSA) is 66.4 Å². The van der Waals surface area contributed by atoms with Crippen LogP contribution in [0.5, 0.6) is 5.75 Å². The minimum Gasteiger partial charge on any atom is -0.748 e. The maximum Gasteiger partial charge on any atom is 1.00 e. The first-order valence-corrected chi connectivity index (χ1v) is 14.1. The minimum absolute atomic E-state index is 0. The zero-order chi connectivity index (χ0) is 23.0. The van der Waals surface area contributed by atoms with E-state index in [2.05, 4.69) is 32.0 Å². The molecule has 1 atom stereocenters. The summed E-state index contributed by atoms with van der Waals surface area (Å²) in [6.45, 7) is 6.11. The van der Waals surface area contributed by atoms with Gasteiger partial charge in [-0.3, -0.25) is 0 Å². The van der Waals surface area contributed by atoms with Crippen LogP contribution in [-0.2, 0) is 23.0 Å². The van der Waals surface area contributed by atoms with E-state index in [9.17, 15) is 13.0 Å². The van der Waals surface area contributed by atoms with E-state index in [1.807, 2.05) is 0 Å². The smallest absolute Gasteiger partial charge is 0.748 e. The molecule has 180 valence electrons. The van der Waals surface area contributed by atoms with Crippen LogP contribution in [0.2, 0.25) is 0 Å². The van der Waals surface area contributed by atoms with Gasteiger partial charge in [-0.15, -0.1) is 0 Å². The number of benzene rings is 1. The van der Waals surface area contributed by atoms with E-state index in [4.69, 9.17) is 4.74 Å². The van der Waals surface area contributed by atoms with Crippen LogP contribution in [0.15, 0.2) is 18.2 Å². The van der Waals surface area contributed by atoms with Crippen molar-refractivity contribution in [1.82, 2.24) is 0 Å². The van der Waals surface area contributed by atoms with Gasteiger partial charge in [-0.2, -0.15) is 0 Å². The van der Waals surface area contributed by atoms with Crippen LogP contribution < -0.4 is 34.3 Å². The monoisotopic (exact) mass is 476 g/mol. The van der Waals surface area contributed by atoms with Crippen LogP contribution >= 0.6 is 0 Å². The second kappa shape index (κ2) is 19.3. The zero-order valence-electron chi connectivity index (χ0n) is 21.2. The van der Waals surface area contributed by atoms with Gasteiger partial charge in [-0.1, -0.05) is 97.1 Å². The molecule has 0 amide bonds. The molecule has 1 aromatic rings. The Hall–Kier alpha value is -0.0700. The van der Waals surface area contributed by atoms with Gasteiger partial charge in [0.05, 0.1) is 5.25 Å². The van der Waals surface area contributed by atoms with E-state index in [1.165, 1.54) is 69.8 Å². The molecule has 0 N–H and O–H groups in total. The van der Waals surface area contributed by atoms with Crippen LogP contribution in [0.4, 0.5) is 0 Å². The summed E-state index contributed by atoms with van der Waals surface area (Å²) in [6.07, 6.45) is 17.2.